The van der Waals surface area contributed by atoms with Crippen LogP contribution in [0.15, 0.2) is 23.1 Å². The summed E-state index contributed by atoms with van der Waals surface area (Å²) in [5.74, 6) is 1.52. The SMILES string of the molecule is COc1cc(-c2cn(C)c(=O)c(C)c2C)cc(OC)c1CN1CC2(C1)CN(C(=O)OC(C)(C)C)C2. The average Bonchev–Trinajstić information content (AvgIpc) is 2.73. The molecule has 1 amide bonds. The van der Waals surface area contributed by atoms with Gasteiger partial charge in [0.25, 0.3) is 5.56 Å². The number of ether oxygens (including phenoxy) is 3. The van der Waals surface area contributed by atoms with E-state index >= 15 is 0 Å². The maximum atomic E-state index is 12.3. The van der Waals surface area contributed by atoms with Gasteiger partial charge in [0.05, 0.1) is 19.8 Å². The minimum Gasteiger partial charge on any atom is -0.496 e. The van der Waals surface area contributed by atoms with Crippen molar-refractivity contribution in [3.05, 3.63) is 45.4 Å². The number of benzene rings is 1. The van der Waals surface area contributed by atoms with Crippen LogP contribution in [-0.2, 0) is 18.3 Å². The van der Waals surface area contributed by atoms with E-state index < -0.39 is 5.60 Å². The molecule has 0 bridgehead atoms. The fourth-order valence-electron chi connectivity index (χ4n) is 5.22. The van der Waals surface area contributed by atoms with Crippen molar-refractivity contribution in [2.24, 2.45) is 12.5 Å². The molecule has 190 valence electrons. The Labute approximate surface area is 207 Å². The van der Waals surface area contributed by atoms with Gasteiger partial charge in [0.15, 0.2) is 0 Å². The molecule has 2 saturated heterocycles. The molecule has 1 aromatic heterocycles. The summed E-state index contributed by atoms with van der Waals surface area (Å²) in [6, 6.07) is 4.04. The van der Waals surface area contributed by atoms with Crippen molar-refractivity contribution >= 4 is 6.09 Å². The molecule has 4 rings (SSSR count). The Morgan fingerprint density at radius 2 is 1.57 bits per heavy atom. The fraction of sp³-hybridized carbons (Fsp3) is 0.556. The standard InChI is InChI=1S/C27H37N3O5/c1-17-18(2)24(31)28(6)11-20(17)19-9-22(33-7)21(23(10-19)34-8)12-29-13-27(14-29)15-30(16-27)25(32)35-26(3,4)5/h9-11H,12-16H2,1-8H3. The molecule has 8 nitrogen and oxygen atoms in total. The number of pyridine rings is 1. The molecule has 1 spiro atoms. The zero-order valence-electron chi connectivity index (χ0n) is 22.2. The normalized spacial score (nSPS) is 17.1. The number of amides is 1. The predicted molar refractivity (Wildman–Crippen MR) is 135 cm³/mol. The molecule has 0 radical (unpaired) electrons. The van der Waals surface area contributed by atoms with Crippen LogP contribution >= 0.6 is 0 Å². The van der Waals surface area contributed by atoms with E-state index in [4.69, 9.17) is 14.2 Å². The molecule has 3 heterocycles. The van der Waals surface area contributed by atoms with Crippen molar-refractivity contribution in [3.63, 3.8) is 0 Å². The maximum absolute atomic E-state index is 12.3. The summed E-state index contributed by atoms with van der Waals surface area (Å²) >= 11 is 0. The molecule has 0 aliphatic carbocycles. The number of hydrogen-bond acceptors (Lipinski definition) is 6. The number of aryl methyl sites for hydroxylation is 1. The van der Waals surface area contributed by atoms with Gasteiger partial charge in [-0.2, -0.15) is 0 Å². The third kappa shape index (κ3) is 4.76. The molecular formula is C27H37N3O5. The molecule has 2 aliphatic heterocycles. The van der Waals surface area contributed by atoms with Gasteiger partial charge in [-0.25, -0.2) is 4.79 Å². The van der Waals surface area contributed by atoms with Gasteiger partial charge in [-0.1, -0.05) is 0 Å². The number of nitrogens with zero attached hydrogens (tertiary/aromatic N) is 3. The summed E-state index contributed by atoms with van der Waals surface area (Å²) in [6.07, 6.45) is 1.63. The first kappa shape index (κ1) is 25.1. The Balaban J connectivity index is 1.49. The lowest BCUT2D eigenvalue weighted by molar-refractivity contribution is -0.115. The van der Waals surface area contributed by atoms with Gasteiger partial charge in [0, 0.05) is 62.5 Å². The second-order valence-corrected chi connectivity index (χ2v) is 11.0. The monoisotopic (exact) mass is 483 g/mol. The number of hydrogen-bond donors (Lipinski definition) is 0. The number of methoxy groups -OCH3 is 2. The molecule has 2 aromatic rings. The van der Waals surface area contributed by atoms with E-state index in [0.717, 1.165) is 65.5 Å². The van der Waals surface area contributed by atoms with Crippen molar-refractivity contribution in [2.75, 3.05) is 40.4 Å². The van der Waals surface area contributed by atoms with Crippen LogP contribution in [0.2, 0.25) is 0 Å². The van der Waals surface area contributed by atoms with E-state index in [9.17, 15) is 9.59 Å². The lowest BCUT2D eigenvalue weighted by Crippen LogP contribution is -2.72. The van der Waals surface area contributed by atoms with Gasteiger partial charge >= 0.3 is 6.09 Å². The molecule has 35 heavy (non-hydrogen) atoms. The number of carbonyl (C=O) groups excluding carboxylic acids is 1. The Morgan fingerprint density at radius 1 is 1.00 bits per heavy atom. The Bertz CT molecular complexity index is 1170. The lowest BCUT2D eigenvalue weighted by Gasteiger charge is -2.60. The Hall–Kier alpha value is -3.00. The van der Waals surface area contributed by atoms with Crippen molar-refractivity contribution in [1.29, 1.82) is 0 Å². The van der Waals surface area contributed by atoms with E-state index in [2.05, 4.69) is 4.90 Å². The highest BCUT2D eigenvalue weighted by Crippen LogP contribution is 2.43. The van der Waals surface area contributed by atoms with Gasteiger partial charge in [-0.15, -0.1) is 0 Å². The molecule has 2 aliphatic rings. The molecule has 0 N–H and O–H groups in total. The number of rotatable bonds is 5. The predicted octanol–water partition coefficient (Wildman–Crippen LogP) is 3.74. The number of aromatic nitrogens is 1. The highest BCUT2D eigenvalue weighted by atomic mass is 16.6. The van der Waals surface area contributed by atoms with E-state index in [1.807, 2.05) is 52.9 Å². The molecule has 8 heteroatoms. The molecule has 0 atom stereocenters. The molecular weight excluding hydrogens is 446 g/mol. The van der Waals surface area contributed by atoms with Crippen LogP contribution in [0.25, 0.3) is 11.1 Å². The molecule has 2 fully saturated rings. The van der Waals surface area contributed by atoms with E-state index in [1.165, 1.54) is 0 Å². The summed E-state index contributed by atoms with van der Waals surface area (Å²) < 4.78 is 18.7. The van der Waals surface area contributed by atoms with Crippen LogP contribution in [-0.4, -0.2) is 66.5 Å². The highest BCUT2D eigenvalue weighted by Gasteiger charge is 2.53. The van der Waals surface area contributed by atoms with E-state index in [0.29, 0.717) is 6.54 Å². The minimum absolute atomic E-state index is 0.00902. The van der Waals surface area contributed by atoms with Crippen LogP contribution in [0.4, 0.5) is 4.79 Å². The van der Waals surface area contributed by atoms with Gasteiger partial charge < -0.3 is 23.7 Å². The minimum atomic E-state index is -0.476. The van der Waals surface area contributed by atoms with Crippen molar-refractivity contribution in [1.82, 2.24) is 14.4 Å². The largest absolute Gasteiger partial charge is 0.496 e. The summed E-state index contributed by atoms with van der Waals surface area (Å²) in [5.41, 5.74) is 4.30. The van der Waals surface area contributed by atoms with Crippen LogP contribution in [0.3, 0.4) is 0 Å². The zero-order chi connectivity index (χ0) is 25.7. The van der Waals surface area contributed by atoms with Crippen molar-refractivity contribution in [3.8, 4) is 22.6 Å². The van der Waals surface area contributed by atoms with Crippen molar-refractivity contribution in [2.45, 2.75) is 46.8 Å². The molecule has 1 aromatic carbocycles. The third-order valence-corrected chi connectivity index (χ3v) is 7.05. The highest BCUT2D eigenvalue weighted by molar-refractivity contribution is 5.72. The second kappa shape index (κ2) is 8.90. The van der Waals surface area contributed by atoms with Gasteiger partial charge in [-0.3, -0.25) is 9.69 Å². The summed E-state index contributed by atoms with van der Waals surface area (Å²) in [7, 11) is 5.11. The average molecular weight is 484 g/mol. The van der Waals surface area contributed by atoms with Gasteiger partial charge in [0.2, 0.25) is 0 Å². The Morgan fingerprint density at radius 3 is 2.09 bits per heavy atom. The van der Waals surface area contributed by atoms with Crippen LogP contribution in [0, 0.1) is 19.3 Å². The lowest BCUT2D eigenvalue weighted by atomic mass is 9.73. The maximum Gasteiger partial charge on any atom is 0.410 e. The van der Waals surface area contributed by atoms with Crippen LogP contribution in [0.5, 0.6) is 11.5 Å². The quantitative estimate of drug-likeness (QED) is 0.645. The number of likely N-dealkylation sites (tertiary alicyclic amines) is 2. The Kier molecular flexibility index (Phi) is 6.38. The second-order valence-electron chi connectivity index (χ2n) is 11.0. The van der Waals surface area contributed by atoms with E-state index in [-0.39, 0.29) is 17.1 Å². The smallest absolute Gasteiger partial charge is 0.410 e. The van der Waals surface area contributed by atoms with Gasteiger partial charge in [-0.05, 0) is 57.9 Å². The van der Waals surface area contributed by atoms with Crippen molar-refractivity contribution < 1.29 is 19.0 Å². The van der Waals surface area contributed by atoms with E-state index in [1.54, 1.807) is 30.7 Å². The summed E-state index contributed by atoms with van der Waals surface area (Å²) in [5, 5.41) is 0. The van der Waals surface area contributed by atoms with Gasteiger partial charge in [0.1, 0.15) is 17.1 Å². The first-order valence-electron chi connectivity index (χ1n) is 12.0. The number of carbonyl (C=O) groups is 1. The third-order valence-electron chi connectivity index (χ3n) is 7.05. The first-order valence-corrected chi connectivity index (χ1v) is 12.0. The zero-order valence-corrected chi connectivity index (χ0v) is 22.2. The molecule has 0 saturated carbocycles. The van der Waals surface area contributed by atoms with Crippen LogP contribution < -0.4 is 15.0 Å². The summed E-state index contributed by atoms with van der Waals surface area (Å²) in [4.78, 5) is 28.7. The first-order chi connectivity index (χ1) is 16.4. The topological polar surface area (TPSA) is 73.2 Å². The fourth-order valence-corrected chi connectivity index (χ4v) is 5.22. The molecule has 0 unspecified atom stereocenters. The van der Waals surface area contributed by atoms with Crippen LogP contribution in [0.1, 0.15) is 37.5 Å². The summed E-state index contributed by atoms with van der Waals surface area (Å²) in [6.45, 7) is 13.5.